The molecule has 1 unspecified atom stereocenters. The van der Waals surface area contributed by atoms with Crippen LogP contribution >= 0.6 is 0 Å². The molecule has 1 aliphatic carbocycles. The zero-order valence-corrected chi connectivity index (χ0v) is 14.3. The van der Waals surface area contributed by atoms with Crippen LogP contribution in [0.1, 0.15) is 49.4 Å². The van der Waals surface area contributed by atoms with Crippen molar-refractivity contribution in [3.63, 3.8) is 0 Å². The van der Waals surface area contributed by atoms with Gasteiger partial charge in [0.1, 0.15) is 6.61 Å². The standard InChI is InChI=1S/C19H25NO4/c1-4-12-24-16-9-8-15(13-17(16)23-3)18(21)20-14(2)19(22)10-6-5-7-11-19/h1,8-9,13-14,22H,5-7,10-12H2,2-3H3,(H,20,21). The molecule has 5 nitrogen and oxygen atoms in total. The molecule has 130 valence electrons. The molecule has 1 aromatic carbocycles. The Morgan fingerprint density at radius 3 is 2.71 bits per heavy atom. The number of benzene rings is 1. The van der Waals surface area contributed by atoms with Gasteiger partial charge in [0.15, 0.2) is 11.5 Å². The van der Waals surface area contributed by atoms with Crippen molar-refractivity contribution >= 4 is 5.91 Å². The second kappa shape index (κ2) is 8.07. The van der Waals surface area contributed by atoms with E-state index in [-0.39, 0.29) is 18.6 Å². The minimum atomic E-state index is -0.826. The predicted octanol–water partition coefficient (Wildman–Crippen LogP) is 2.52. The first-order chi connectivity index (χ1) is 11.5. The van der Waals surface area contributed by atoms with E-state index in [2.05, 4.69) is 11.2 Å². The highest BCUT2D eigenvalue weighted by atomic mass is 16.5. The van der Waals surface area contributed by atoms with Crippen LogP contribution in [0, 0.1) is 12.3 Å². The number of ether oxygens (including phenoxy) is 2. The van der Waals surface area contributed by atoms with E-state index in [9.17, 15) is 9.90 Å². The number of nitrogens with one attached hydrogen (secondary N) is 1. The summed E-state index contributed by atoms with van der Waals surface area (Å²) in [5, 5.41) is 13.6. The zero-order valence-electron chi connectivity index (χ0n) is 14.3. The van der Waals surface area contributed by atoms with Crippen molar-refractivity contribution in [1.29, 1.82) is 0 Å². The molecule has 2 rings (SSSR count). The molecule has 1 saturated carbocycles. The van der Waals surface area contributed by atoms with Gasteiger partial charge in [0.2, 0.25) is 0 Å². The maximum absolute atomic E-state index is 12.5. The van der Waals surface area contributed by atoms with Gasteiger partial charge in [-0.3, -0.25) is 4.79 Å². The minimum Gasteiger partial charge on any atom is -0.493 e. The van der Waals surface area contributed by atoms with Crippen molar-refractivity contribution in [2.24, 2.45) is 0 Å². The van der Waals surface area contributed by atoms with Crippen LogP contribution in [-0.4, -0.2) is 36.4 Å². The smallest absolute Gasteiger partial charge is 0.251 e. The Hall–Kier alpha value is -2.19. The van der Waals surface area contributed by atoms with Crippen LogP contribution in [0.5, 0.6) is 11.5 Å². The maximum atomic E-state index is 12.5. The summed E-state index contributed by atoms with van der Waals surface area (Å²) in [6.45, 7) is 1.98. The van der Waals surface area contributed by atoms with E-state index in [0.717, 1.165) is 32.1 Å². The third kappa shape index (κ3) is 4.21. The Balaban J connectivity index is 2.07. The van der Waals surface area contributed by atoms with Gasteiger partial charge in [0, 0.05) is 5.56 Å². The van der Waals surface area contributed by atoms with E-state index in [1.807, 2.05) is 6.92 Å². The highest BCUT2D eigenvalue weighted by molar-refractivity contribution is 5.95. The highest BCUT2D eigenvalue weighted by Crippen LogP contribution is 2.31. The van der Waals surface area contributed by atoms with E-state index in [4.69, 9.17) is 15.9 Å². The van der Waals surface area contributed by atoms with Crippen molar-refractivity contribution in [2.75, 3.05) is 13.7 Å². The van der Waals surface area contributed by atoms with Gasteiger partial charge in [-0.2, -0.15) is 0 Å². The van der Waals surface area contributed by atoms with Gasteiger partial charge in [0.25, 0.3) is 5.91 Å². The van der Waals surface area contributed by atoms with Gasteiger partial charge in [-0.15, -0.1) is 6.42 Å². The molecule has 1 aliphatic rings. The average molecular weight is 331 g/mol. The maximum Gasteiger partial charge on any atom is 0.251 e. The largest absolute Gasteiger partial charge is 0.493 e. The Morgan fingerprint density at radius 2 is 2.08 bits per heavy atom. The van der Waals surface area contributed by atoms with Crippen molar-refractivity contribution < 1.29 is 19.4 Å². The molecule has 5 heteroatoms. The molecule has 0 heterocycles. The molecule has 0 aliphatic heterocycles. The fourth-order valence-electron chi connectivity index (χ4n) is 3.06. The summed E-state index contributed by atoms with van der Waals surface area (Å²) in [7, 11) is 1.51. The lowest BCUT2D eigenvalue weighted by Gasteiger charge is -2.37. The summed E-state index contributed by atoms with van der Waals surface area (Å²) in [4.78, 5) is 12.5. The van der Waals surface area contributed by atoms with Crippen LogP contribution in [0.25, 0.3) is 0 Å². The number of hydrogen-bond acceptors (Lipinski definition) is 4. The molecule has 0 bridgehead atoms. The monoisotopic (exact) mass is 331 g/mol. The molecule has 1 atom stereocenters. The molecule has 0 saturated heterocycles. The van der Waals surface area contributed by atoms with Crippen molar-refractivity contribution in [1.82, 2.24) is 5.32 Å². The molecule has 24 heavy (non-hydrogen) atoms. The van der Waals surface area contributed by atoms with Crippen LogP contribution in [0.4, 0.5) is 0 Å². The van der Waals surface area contributed by atoms with Gasteiger partial charge < -0.3 is 19.9 Å². The average Bonchev–Trinajstić information content (AvgIpc) is 2.60. The fraction of sp³-hybridized carbons (Fsp3) is 0.526. The van der Waals surface area contributed by atoms with Gasteiger partial charge in [-0.25, -0.2) is 0 Å². The van der Waals surface area contributed by atoms with Crippen molar-refractivity contribution in [2.45, 2.75) is 50.7 Å². The van der Waals surface area contributed by atoms with Crippen LogP contribution in [-0.2, 0) is 0 Å². The Kier molecular flexibility index (Phi) is 6.10. The van der Waals surface area contributed by atoms with Gasteiger partial charge in [-0.05, 0) is 38.0 Å². The van der Waals surface area contributed by atoms with Gasteiger partial charge in [0.05, 0.1) is 18.8 Å². The number of hydrogen-bond donors (Lipinski definition) is 2. The first-order valence-corrected chi connectivity index (χ1v) is 8.27. The normalized spacial score (nSPS) is 17.4. The van der Waals surface area contributed by atoms with E-state index in [1.54, 1.807) is 18.2 Å². The van der Waals surface area contributed by atoms with Crippen LogP contribution in [0.2, 0.25) is 0 Å². The number of aliphatic hydroxyl groups is 1. The van der Waals surface area contributed by atoms with E-state index in [1.165, 1.54) is 7.11 Å². The molecule has 0 radical (unpaired) electrons. The summed E-state index contributed by atoms with van der Waals surface area (Å²) in [5.41, 5.74) is -0.375. The minimum absolute atomic E-state index is 0.131. The number of carbonyl (C=O) groups excluding carboxylic acids is 1. The second-order valence-electron chi connectivity index (χ2n) is 6.22. The summed E-state index contributed by atoms with van der Waals surface area (Å²) in [6.07, 6.45) is 9.74. The molecule has 1 aromatic rings. The number of terminal acetylenes is 1. The zero-order chi connectivity index (χ0) is 17.6. The van der Waals surface area contributed by atoms with E-state index in [0.29, 0.717) is 17.1 Å². The van der Waals surface area contributed by atoms with Crippen molar-refractivity contribution in [3.8, 4) is 23.8 Å². The lowest BCUT2D eigenvalue weighted by molar-refractivity contribution is -0.0235. The number of amides is 1. The lowest BCUT2D eigenvalue weighted by atomic mass is 9.80. The quantitative estimate of drug-likeness (QED) is 0.786. The summed E-state index contributed by atoms with van der Waals surface area (Å²) >= 11 is 0. The summed E-state index contributed by atoms with van der Waals surface area (Å²) < 4.78 is 10.6. The van der Waals surface area contributed by atoms with Gasteiger partial charge in [-0.1, -0.05) is 25.2 Å². The summed E-state index contributed by atoms with van der Waals surface area (Å²) in [5.74, 6) is 3.08. The van der Waals surface area contributed by atoms with Crippen LogP contribution in [0.3, 0.4) is 0 Å². The van der Waals surface area contributed by atoms with E-state index < -0.39 is 5.60 Å². The van der Waals surface area contributed by atoms with Crippen LogP contribution < -0.4 is 14.8 Å². The number of rotatable bonds is 6. The third-order valence-corrected chi connectivity index (χ3v) is 4.61. The number of carbonyl (C=O) groups is 1. The number of methoxy groups -OCH3 is 1. The Labute approximate surface area is 143 Å². The third-order valence-electron chi connectivity index (χ3n) is 4.61. The van der Waals surface area contributed by atoms with E-state index >= 15 is 0 Å². The molecular weight excluding hydrogens is 306 g/mol. The molecule has 0 aromatic heterocycles. The predicted molar refractivity (Wildman–Crippen MR) is 92.3 cm³/mol. The molecule has 0 spiro atoms. The first kappa shape index (κ1) is 18.2. The van der Waals surface area contributed by atoms with Crippen LogP contribution in [0.15, 0.2) is 18.2 Å². The second-order valence-corrected chi connectivity index (χ2v) is 6.22. The first-order valence-electron chi connectivity index (χ1n) is 8.27. The fourth-order valence-corrected chi connectivity index (χ4v) is 3.06. The molecular formula is C19H25NO4. The molecule has 1 fully saturated rings. The van der Waals surface area contributed by atoms with Crippen molar-refractivity contribution in [3.05, 3.63) is 23.8 Å². The lowest BCUT2D eigenvalue weighted by Crippen LogP contribution is -2.52. The topological polar surface area (TPSA) is 67.8 Å². The highest BCUT2D eigenvalue weighted by Gasteiger charge is 2.36. The molecule has 1 amide bonds. The Bertz CT molecular complexity index is 614. The SMILES string of the molecule is C#CCOc1ccc(C(=O)NC(C)C2(O)CCCCC2)cc1OC. The Morgan fingerprint density at radius 1 is 1.38 bits per heavy atom. The van der Waals surface area contributed by atoms with Gasteiger partial charge >= 0.3 is 0 Å². The molecule has 2 N–H and O–H groups in total. The summed E-state index contributed by atoms with van der Waals surface area (Å²) in [6, 6.07) is 4.61.